The first-order valence-corrected chi connectivity index (χ1v) is 31.9. The SMILES string of the molecule is CCCCCC[N+](CCCCCC)(CCCCCC)CCCCCC.CCCCCC[N+](CCCCCC)(CCCCCC)CCCCCC.O=C(O)c1ccccc1SSc1ccccc1C(=O)O. The molecule has 6 nitrogen and oxygen atoms in total. The van der Waals surface area contributed by atoms with Crippen LogP contribution in [0.3, 0.4) is 0 Å². The average molecular weight is 1020 g/mol. The van der Waals surface area contributed by atoms with Crippen LogP contribution in [0, 0.1) is 0 Å². The minimum absolute atomic E-state index is 0.206. The molecule has 0 radical (unpaired) electrons. The summed E-state index contributed by atoms with van der Waals surface area (Å²) < 4.78 is 2.92. The van der Waals surface area contributed by atoms with Crippen molar-refractivity contribution >= 4 is 33.5 Å². The summed E-state index contributed by atoms with van der Waals surface area (Å²) in [5.41, 5.74) is 0.413. The molecular weight excluding hydrogens is 901 g/mol. The van der Waals surface area contributed by atoms with Crippen LogP contribution in [-0.2, 0) is 0 Å². The van der Waals surface area contributed by atoms with Crippen molar-refractivity contribution in [3.8, 4) is 0 Å². The molecule has 0 spiro atoms. The van der Waals surface area contributed by atoms with E-state index in [0.717, 1.165) is 0 Å². The van der Waals surface area contributed by atoms with Gasteiger partial charge in [0.1, 0.15) is 0 Å². The lowest BCUT2D eigenvalue weighted by Gasteiger charge is -2.39. The Morgan fingerprint density at radius 3 is 0.671 bits per heavy atom. The highest BCUT2D eigenvalue weighted by atomic mass is 33.1. The van der Waals surface area contributed by atoms with Gasteiger partial charge < -0.3 is 19.2 Å². The zero-order chi connectivity index (χ0) is 51.8. The maximum Gasteiger partial charge on any atom is 0.336 e. The molecule has 0 saturated heterocycles. The molecule has 0 fully saturated rings. The maximum atomic E-state index is 11.1. The van der Waals surface area contributed by atoms with E-state index in [9.17, 15) is 9.59 Å². The normalized spacial score (nSPS) is 11.5. The molecule has 0 amide bonds. The molecule has 0 heterocycles. The Bertz CT molecular complexity index is 1270. The summed E-state index contributed by atoms with van der Waals surface area (Å²) in [7, 11) is 2.47. The fourth-order valence-electron chi connectivity index (χ4n) is 9.86. The molecule has 0 aliphatic carbocycles. The molecule has 2 aromatic carbocycles. The van der Waals surface area contributed by atoms with Gasteiger partial charge in [0.25, 0.3) is 0 Å². The van der Waals surface area contributed by atoms with Crippen molar-refractivity contribution in [2.45, 2.75) is 271 Å². The number of carboxylic acid groups (broad SMARTS) is 2. The quantitative estimate of drug-likeness (QED) is 0.0391. The van der Waals surface area contributed by atoms with Crippen molar-refractivity contribution in [3.63, 3.8) is 0 Å². The topological polar surface area (TPSA) is 74.6 Å². The standard InChI is InChI=1S/2C24H52N.C14H10O4S2/c2*1-5-9-13-17-21-25(22-18-14-10-6-2,23-19-15-11-7-3)24-20-16-12-8-4;15-13(16)9-5-1-3-7-11(9)19-20-12-8-4-2-6-10(12)14(17)18/h2*5-24H2,1-4H3;1-8H,(H,15,16)(H,17,18)/q2*+1;. The van der Waals surface area contributed by atoms with Crippen molar-refractivity contribution in [1.82, 2.24) is 0 Å². The Balaban J connectivity index is 0.00000103. The highest BCUT2D eigenvalue weighted by Gasteiger charge is 2.27. The second kappa shape index (κ2) is 48.0. The third-order valence-electron chi connectivity index (χ3n) is 14.3. The molecular formula is C62H114N2O4S2+2. The largest absolute Gasteiger partial charge is 0.478 e. The van der Waals surface area contributed by atoms with Gasteiger partial charge in [-0.3, -0.25) is 0 Å². The third-order valence-corrected chi connectivity index (χ3v) is 16.8. The van der Waals surface area contributed by atoms with Crippen LogP contribution in [-0.4, -0.2) is 83.5 Å². The summed E-state index contributed by atoms with van der Waals surface area (Å²) in [6, 6.07) is 13.3. The molecule has 2 N–H and O–H groups in total. The van der Waals surface area contributed by atoms with Gasteiger partial charge in [-0.1, -0.05) is 204 Å². The Labute approximate surface area is 442 Å². The highest BCUT2D eigenvalue weighted by Crippen LogP contribution is 2.40. The molecule has 8 heteroatoms. The number of nitrogens with zero attached hydrogens (tertiary/aromatic N) is 2. The van der Waals surface area contributed by atoms with Gasteiger partial charge in [0.15, 0.2) is 0 Å². The van der Waals surface area contributed by atoms with Crippen LogP contribution in [0.25, 0.3) is 0 Å². The number of carbonyl (C=O) groups is 2. The van der Waals surface area contributed by atoms with Gasteiger partial charge in [-0.2, -0.15) is 0 Å². The van der Waals surface area contributed by atoms with Gasteiger partial charge in [-0.15, -0.1) is 0 Å². The minimum Gasteiger partial charge on any atom is -0.478 e. The number of benzene rings is 2. The van der Waals surface area contributed by atoms with Gasteiger partial charge in [0.05, 0.1) is 63.5 Å². The monoisotopic (exact) mass is 1010 g/mol. The smallest absolute Gasteiger partial charge is 0.336 e. The maximum absolute atomic E-state index is 11.1. The first kappa shape index (κ1) is 68.0. The molecule has 406 valence electrons. The molecule has 2 rings (SSSR count). The van der Waals surface area contributed by atoms with Crippen LogP contribution in [0.4, 0.5) is 0 Å². The summed E-state index contributed by atoms with van der Waals surface area (Å²) >= 11 is 0. The molecule has 0 saturated carbocycles. The van der Waals surface area contributed by atoms with E-state index in [4.69, 9.17) is 10.2 Å². The lowest BCUT2D eigenvalue weighted by Crippen LogP contribution is -2.50. The minimum atomic E-state index is -1.000. The lowest BCUT2D eigenvalue weighted by molar-refractivity contribution is -0.929. The molecule has 0 atom stereocenters. The highest BCUT2D eigenvalue weighted by molar-refractivity contribution is 8.76. The van der Waals surface area contributed by atoms with E-state index in [1.54, 1.807) is 36.4 Å². The van der Waals surface area contributed by atoms with E-state index in [-0.39, 0.29) is 11.1 Å². The van der Waals surface area contributed by atoms with E-state index in [1.165, 1.54) is 301 Å². The molecule has 0 aromatic heterocycles. The fourth-order valence-corrected chi connectivity index (χ4v) is 12.2. The number of carboxylic acids is 2. The number of hydrogen-bond acceptors (Lipinski definition) is 4. The van der Waals surface area contributed by atoms with Crippen molar-refractivity contribution in [3.05, 3.63) is 59.7 Å². The van der Waals surface area contributed by atoms with Crippen LogP contribution in [0.15, 0.2) is 58.3 Å². The van der Waals surface area contributed by atoms with E-state index in [2.05, 4.69) is 55.4 Å². The van der Waals surface area contributed by atoms with Crippen LogP contribution in [0.5, 0.6) is 0 Å². The number of rotatable bonds is 45. The Hall–Kier alpha value is -2.00. The molecule has 0 aliphatic heterocycles. The molecule has 0 bridgehead atoms. The lowest BCUT2D eigenvalue weighted by atomic mass is 10.1. The predicted molar refractivity (Wildman–Crippen MR) is 311 cm³/mol. The van der Waals surface area contributed by atoms with Crippen molar-refractivity contribution in [2.24, 2.45) is 0 Å². The summed E-state index contributed by atoms with van der Waals surface area (Å²) in [5, 5.41) is 18.2. The molecule has 0 aliphatic rings. The Morgan fingerprint density at radius 2 is 0.500 bits per heavy atom. The number of unbranched alkanes of at least 4 members (excludes halogenated alkanes) is 24. The number of quaternary nitrogens is 2. The first-order chi connectivity index (χ1) is 34.1. The fraction of sp³-hybridized carbons (Fsp3) is 0.774. The van der Waals surface area contributed by atoms with Gasteiger partial charge in [-0.05, 0) is 127 Å². The summed E-state index contributed by atoms with van der Waals surface area (Å²) in [4.78, 5) is 23.4. The van der Waals surface area contributed by atoms with E-state index in [1.807, 2.05) is 0 Å². The number of hydrogen-bond donors (Lipinski definition) is 2. The van der Waals surface area contributed by atoms with Gasteiger partial charge in [0, 0.05) is 9.79 Å². The van der Waals surface area contributed by atoms with Crippen molar-refractivity contribution < 1.29 is 28.8 Å². The summed E-state index contributed by atoms with van der Waals surface area (Å²) in [6.45, 7) is 30.4. The van der Waals surface area contributed by atoms with Gasteiger partial charge in [-0.25, -0.2) is 9.59 Å². The zero-order valence-electron chi connectivity index (χ0n) is 47.3. The van der Waals surface area contributed by atoms with Crippen molar-refractivity contribution in [2.75, 3.05) is 52.4 Å². The zero-order valence-corrected chi connectivity index (χ0v) is 49.0. The van der Waals surface area contributed by atoms with Crippen LogP contribution < -0.4 is 0 Å². The number of aromatic carboxylic acids is 2. The first-order valence-electron chi connectivity index (χ1n) is 29.8. The summed E-state index contributed by atoms with van der Waals surface area (Å²) in [5.74, 6) is -2.00. The van der Waals surface area contributed by atoms with E-state index < -0.39 is 11.9 Å². The van der Waals surface area contributed by atoms with Gasteiger partial charge >= 0.3 is 11.9 Å². The van der Waals surface area contributed by atoms with Crippen LogP contribution in [0.1, 0.15) is 282 Å². The molecule has 70 heavy (non-hydrogen) atoms. The van der Waals surface area contributed by atoms with Crippen LogP contribution in [0.2, 0.25) is 0 Å². The second-order valence-corrected chi connectivity index (χ2v) is 22.9. The third kappa shape index (κ3) is 35.2. The van der Waals surface area contributed by atoms with Crippen LogP contribution >= 0.6 is 21.6 Å². The van der Waals surface area contributed by atoms with Gasteiger partial charge in [0.2, 0.25) is 0 Å². The molecule has 2 aromatic rings. The van der Waals surface area contributed by atoms with Crippen molar-refractivity contribution in [1.29, 1.82) is 0 Å². The van der Waals surface area contributed by atoms with E-state index in [0.29, 0.717) is 9.79 Å². The summed E-state index contributed by atoms with van der Waals surface area (Å²) in [6.07, 6.45) is 45.7. The Kier molecular flexibility index (Phi) is 46.6. The average Bonchev–Trinajstić information content (AvgIpc) is 3.37. The second-order valence-electron chi connectivity index (χ2n) is 20.7. The Morgan fingerprint density at radius 1 is 0.314 bits per heavy atom. The predicted octanol–water partition coefficient (Wildman–Crippen LogP) is 20.1. The van der Waals surface area contributed by atoms with E-state index >= 15 is 0 Å². The molecule has 0 unspecified atom stereocenters.